The molecule has 0 rings (SSSR count). The number of hydrogen-bond acceptors (Lipinski definition) is 3. The molecule has 1 atom stereocenters. The zero-order valence-electron chi connectivity index (χ0n) is 6.68. The third kappa shape index (κ3) is 5.04. The van der Waals surface area contributed by atoms with Crippen LogP contribution in [0.25, 0.3) is 0 Å². The number of esters is 1. The Kier molecular flexibility index (Phi) is 6.27. The van der Waals surface area contributed by atoms with E-state index in [2.05, 4.69) is 0 Å². The standard InChI is InChI=1S/C7H14ClNO2/c1-2-5-11-7(10)6(9)3-4-8/h6H,2-5,9H2,1H3. The van der Waals surface area contributed by atoms with Crippen LogP contribution in [0, 0.1) is 0 Å². The van der Waals surface area contributed by atoms with Crippen LogP contribution in [0.2, 0.25) is 0 Å². The van der Waals surface area contributed by atoms with Gasteiger partial charge in [-0.3, -0.25) is 4.79 Å². The molecule has 0 aromatic carbocycles. The Hall–Kier alpha value is -0.280. The first-order valence-corrected chi connectivity index (χ1v) is 4.24. The minimum absolute atomic E-state index is 0.354. The Labute approximate surface area is 71.8 Å². The Morgan fingerprint density at radius 3 is 2.82 bits per heavy atom. The highest BCUT2D eigenvalue weighted by atomic mass is 35.5. The van der Waals surface area contributed by atoms with Gasteiger partial charge in [-0.15, -0.1) is 11.6 Å². The van der Waals surface area contributed by atoms with E-state index >= 15 is 0 Å². The second-order valence-electron chi connectivity index (χ2n) is 2.25. The molecule has 0 radical (unpaired) electrons. The van der Waals surface area contributed by atoms with Crippen molar-refractivity contribution in [3.63, 3.8) is 0 Å². The number of hydrogen-bond donors (Lipinski definition) is 1. The van der Waals surface area contributed by atoms with Crippen LogP contribution in [0.1, 0.15) is 19.8 Å². The van der Waals surface area contributed by atoms with Gasteiger partial charge in [0.2, 0.25) is 0 Å². The molecule has 0 bridgehead atoms. The van der Waals surface area contributed by atoms with Crippen molar-refractivity contribution >= 4 is 17.6 Å². The third-order valence-corrected chi connectivity index (χ3v) is 1.39. The molecule has 0 saturated heterocycles. The summed E-state index contributed by atoms with van der Waals surface area (Å²) in [5.74, 6) is 0.0371. The smallest absolute Gasteiger partial charge is 0.322 e. The van der Waals surface area contributed by atoms with Gasteiger partial charge in [-0.25, -0.2) is 0 Å². The molecular weight excluding hydrogens is 166 g/mol. The molecule has 1 unspecified atom stereocenters. The molecule has 0 aliphatic rings. The lowest BCUT2D eigenvalue weighted by Crippen LogP contribution is -2.32. The first-order valence-electron chi connectivity index (χ1n) is 3.70. The van der Waals surface area contributed by atoms with Crippen LogP contribution in [-0.2, 0) is 9.53 Å². The highest BCUT2D eigenvalue weighted by Gasteiger charge is 2.12. The lowest BCUT2D eigenvalue weighted by Gasteiger charge is -2.08. The molecule has 0 heterocycles. The van der Waals surface area contributed by atoms with E-state index in [1.54, 1.807) is 0 Å². The number of alkyl halides is 1. The molecule has 0 amide bonds. The first kappa shape index (κ1) is 10.7. The minimum Gasteiger partial charge on any atom is -0.465 e. The number of halogens is 1. The van der Waals surface area contributed by atoms with Gasteiger partial charge in [0, 0.05) is 5.88 Å². The van der Waals surface area contributed by atoms with Crippen molar-refractivity contribution in [1.82, 2.24) is 0 Å². The van der Waals surface area contributed by atoms with E-state index in [4.69, 9.17) is 22.1 Å². The van der Waals surface area contributed by atoms with Crippen molar-refractivity contribution in [2.75, 3.05) is 12.5 Å². The quantitative estimate of drug-likeness (QED) is 0.504. The Balaban J connectivity index is 3.47. The number of nitrogens with two attached hydrogens (primary N) is 1. The van der Waals surface area contributed by atoms with Gasteiger partial charge in [0.1, 0.15) is 6.04 Å². The summed E-state index contributed by atoms with van der Waals surface area (Å²) in [6.45, 7) is 2.37. The summed E-state index contributed by atoms with van der Waals surface area (Å²) in [4.78, 5) is 10.9. The average Bonchev–Trinajstić information content (AvgIpc) is 2.00. The number of rotatable bonds is 5. The number of carbonyl (C=O) groups excluding carboxylic acids is 1. The highest BCUT2D eigenvalue weighted by molar-refractivity contribution is 6.18. The fourth-order valence-electron chi connectivity index (χ4n) is 0.545. The Bertz CT molecular complexity index is 119. The van der Waals surface area contributed by atoms with Gasteiger partial charge in [0.05, 0.1) is 6.61 Å². The zero-order valence-corrected chi connectivity index (χ0v) is 7.43. The monoisotopic (exact) mass is 179 g/mol. The zero-order chi connectivity index (χ0) is 8.69. The molecule has 0 saturated carbocycles. The Morgan fingerprint density at radius 1 is 1.73 bits per heavy atom. The van der Waals surface area contributed by atoms with Gasteiger partial charge in [-0.05, 0) is 12.8 Å². The maximum Gasteiger partial charge on any atom is 0.322 e. The summed E-state index contributed by atoms with van der Waals surface area (Å²) in [6.07, 6.45) is 1.30. The van der Waals surface area contributed by atoms with E-state index in [0.717, 1.165) is 6.42 Å². The van der Waals surface area contributed by atoms with E-state index < -0.39 is 6.04 Å². The molecule has 3 nitrogen and oxygen atoms in total. The van der Waals surface area contributed by atoms with Crippen LogP contribution in [0.15, 0.2) is 0 Å². The molecule has 0 aliphatic carbocycles. The van der Waals surface area contributed by atoms with E-state index in [9.17, 15) is 4.79 Å². The van der Waals surface area contributed by atoms with Crippen LogP contribution in [0.3, 0.4) is 0 Å². The van der Waals surface area contributed by atoms with E-state index in [-0.39, 0.29) is 5.97 Å². The van der Waals surface area contributed by atoms with Crippen LogP contribution in [0.5, 0.6) is 0 Å². The largest absolute Gasteiger partial charge is 0.465 e. The van der Waals surface area contributed by atoms with Crippen molar-refractivity contribution in [1.29, 1.82) is 0 Å². The van der Waals surface area contributed by atoms with Gasteiger partial charge in [-0.2, -0.15) is 0 Å². The van der Waals surface area contributed by atoms with Crippen LogP contribution in [-0.4, -0.2) is 24.5 Å². The number of ether oxygens (including phenoxy) is 1. The SMILES string of the molecule is CCCOC(=O)C(N)CCCl. The summed E-state index contributed by atoms with van der Waals surface area (Å²) in [7, 11) is 0. The Morgan fingerprint density at radius 2 is 2.36 bits per heavy atom. The molecule has 0 fully saturated rings. The van der Waals surface area contributed by atoms with Crippen molar-refractivity contribution < 1.29 is 9.53 Å². The predicted molar refractivity (Wildman–Crippen MR) is 44.6 cm³/mol. The summed E-state index contributed by atoms with van der Waals surface area (Å²) in [5, 5.41) is 0. The number of carbonyl (C=O) groups is 1. The maximum atomic E-state index is 10.9. The lowest BCUT2D eigenvalue weighted by atomic mass is 10.2. The summed E-state index contributed by atoms with van der Waals surface area (Å²) < 4.78 is 4.78. The average molecular weight is 180 g/mol. The van der Waals surface area contributed by atoms with Gasteiger partial charge < -0.3 is 10.5 Å². The van der Waals surface area contributed by atoms with Gasteiger partial charge in [0.15, 0.2) is 0 Å². The third-order valence-electron chi connectivity index (χ3n) is 1.17. The fraction of sp³-hybridized carbons (Fsp3) is 0.857. The molecule has 11 heavy (non-hydrogen) atoms. The summed E-state index contributed by atoms with van der Waals surface area (Å²) in [6, 6.07) is -0.556. The molecule has 4 heteroatoms. The van der Waals surface area contributed by atoms with E-state index in [0.29, 0.717) is 18.9 Å². The molecule has 66 valence electrons. The highest BCUT2D eigenvalue weighted by Crippen LogP contribution is 1.94. The van der Waals surface area contributed by atoms with Crippen LogP contribution < -0.4 is 5.73 Å². The molecule has 0 aliphatic heterocycles. The van der Waals surface area contributed by atoms with E-state index in [1.807, 2.05) is 6.92 Å². The second-order valence-corrected chi connectivity index (χ2v) is 2.63. The first-order chi connectivity index (χ1) is 5.22. The van der Waals surface area contributed by atoms with Crippen LogP contribution >= 0.6 is 11.6 Å². The van der Waals surface area contributed by atoms with Gasteiger partial charge in [-0.1, -0.05) is 6.92 Å². The molecular formula is C7H14ClNO2. The summed E-state index contributed by atoms with van der Waals surface area (Å²) in [5.41, 5.74) is 5.41. The molecule has 0 spiro atoms. The van der Waals surface area contributed by atoms with Crippen molar-refractivity contribution in [2.24, 2.45) is 5.73 Å². The minimum atomic E-state index is -0.556. The fourth-order valence-corrected chi connectivity index (χ4v) is 0.780. The summed E-state index contributed by atoms with van der Waals surface area (Å²) >= 11 is 5.39. The lowest BCUT2D eigenvalue weighted by molar-refractivity contribution is -0.145. The van der Waals surface area contributed by atoms with Crippen molar-refractivity contribution in [3.8, 4) is 0 Å². The maximum absolute atomic E-state index is 10.9. The molecule has 2 N–H and O–H groups in total. The van der Waals surface area contributed by atoms with Gasteiger partial charge >= 0.3 is 5.97 Å². The molecule has 0 aromatic rings. The predicted octanol–water partition coefficient (Wildman–Crippen LogP) is 0.896. The van der Waals surface area contributed by atoms with E-state index in [1.165, 1.54) is 0 Å². The normalized spacial score (nSPS) is 12.6. The topological polar surface area (TPSA) is 52.3 Å². The van der Waals surface area contributed by atoms with Crippen molar-refractivity contribution in [3.05, 3.63) is 0 Å². The molecule has 0 aromatic heterocycles. The van der Waals surface area contributed by atoms with Gasteiger partial charge in [0.25, 0.3) is 0 Å². The van der Waals surface area contributed by atoms with Crippen LogP contribution in [0.4, 0.5) is 0 Å². The second kappa shape index (κ2) is 6.43. The van der Waals surface area contributed by atoms with Crippen molar-refractivity contribution in [2.45, 2.75) is 25.8 Å².